The van der Waals surface area contributed by atoms with Crippen molar-refractivity contribution in [2.75, 3.05) is 7.11 Å². The van der Waals surface area contributed by atoms with E-state index >= 15 is 0 Å². The topological polar surface area (TPSA) is 89.9 Å². The summed E-state index contributed by atoms with van der Waals surface area (Å²) in [5.41, 5.74) is -1.06. The van der Waals surface area contributed by atoms with E-state index in [4.69, 9.17) is 9.47 Å². The second kappa shape index (κ2) is 9.77. The Morgan fingerprint density at radius 2 is 2.04 bits per heavy atom. The molecule has 0 aromatic carbocycles. The molecule has 24 heavy (non-hydrogen) atoms. The molecule has 0 saturated carbocycles. The van der Waals surface area contributed by atoms with Crippen molar-refractivity contribution < 1.29 is 29.0 Å². The quantitative estimate of drug-likeness (QED) is 0.433. The van der Waals surface area contributed by atoms with Crippen molar-refractivity contribution in [1.29, 1.82) is 0 Å². The number of hydrogen-bond donors (Lipinski definition) is 1. The molecule has 1 fully saturated rings. The van der Waals surface area contributed by atoms with E-state index in [1.165, 1.54) is 0 Å². The second-order valence-corrected chi connectivity index (χ2v) is 6.83. The van der Waals surface area contributed by atoms with Crippen molar-refractivity contribution in [3.63, 3.8) is 0 Å². The number of Topliss-reactive ketones (excluding diaryl/α,β-unsaturated/α-hetero) is 1. The van der Waals surface area contributed by atoms with Gasteiger partial charge in [0.15, 0.2) is 0 Å². The van der Waals surface area contributed by atoms with Crippen LogP contribution in [-0.2, 0) is 23.9 Å². The maximum Gasteiger partial charge on any atom is 0.313 e. The zero-order valence-corrected chi connectivity index (χ0v) is 15.0. The highest BCUT2D eigenvalue weighted by Crippen LogP contribution is 2.41. The maximum absolute atomic E-state index is 12.1. The Morgan fingerprint density at radius 3 is 2.54 bits per heavy atom. The molecule has 0 spiro atoms. The summed E-state index contributed by atoms with van der Waals surface area (Å²) in [7, 11) is 1.60. The summed E-state index contributed by atoms with van der Waals surface area (Å²) < 4.78 is 10.6. The Balaban J connectivity index is 2.76. The first-order valence-electron chi connectivity index (χ1n) is 8.77. The van der Waals surface area contributed by atoms with Gasteiger partial charge in [0.25, 0.3) is 0 Å². The Bertz CT molecular complexity index is 447. The van der Waals surface area contributed by atoms with Gasteiger partial charge in [0.1, 0.15) is 17.3 Å². The average Bonchev–Trinajstić information content (AvgIpc) is 2.95. The van der Waals surface area contributed by atoms with Crippen LogP contribution in [0.2, 0.25) is 0 Å². The van der Waals surface area contributed by atoms with Gasteiger partial charge in [-0.25, -0.2) is 0 Å². The number of methoxy groups -OCH3 is 1. The van der Waals surface area contributed by atoms with Crippen molar-refractivity contribution in [3.8, 4) is 0 Å². The third-order valence-corrected chi connectivity index (χ3v) is 4.98. The number of carbonyl (C=O) groups is 3. The fraction of sp³-hybridized carbons (Fsp3) is 0.833. The number of cyclic esters (lactones) is 1. The lowest BCUT2D eigenvalue weighted by Gasteiger charge is -2.34. The van der Waals surface area contributed by atoms with Gasteiger partial charge in [-0.3, -0.25) is 9.59 Å². The SMILES string of the molecule is COC(C)CCC(CCCCCC(C)=O)(C(=O)O)C1CCC(=O)O1. The molecule has 1 aliphatic rings. The smallest absolute Gasteiger partial charge is 0.313 e. The average molecular weight is 342 g/mol. The molecular weight excluding hydrogens is 312 g/mol. The van der Waals surface area contributed by atoms with Gasteiger partial charge in [0.05, 0.1) is 6.10 Å². The molecule has 0 aliphatic carbocycles. The number of ketones is 1. The molecule has 1 saturated heterocycles. The van der Waals surface area contributed by atoms with Crippen LogP contribution in [0.25, 0.3) is 0 Å². The number of esters is 1. The minimum Gasteiger partial charge on any atom is -0.481 e. The standard InChI is InChI=1S/C18H30O6/c1-13(19)7-5-4-6-11-18(17(21)22,12-10-14(2)23-3)15-8-9-16(20)24-15/h14-15H,4-12H2,1-3H3,(H,21,22). The van der Waals surface area contributed by atoms with Crippen LogP contribution in [0.15, 0.2) is 0 Å². The predicted molar refractivity (Wildman–Crippen MR) is 88.7 cm³/mol. The first-order chi connectivity index (χ1) is 11.3. The molecule has 1 N–H and O–H groups in total. The lowest BCUT2D eigenvalue weighted by molar-refractivity contribution is -0.164. The molecule has 1 rings (SSSR count). The summed E-state index contributed by atoms with van der Waals surface area (Å²) in [4.78, 5) is 34.6. The number of carboxylic acid groups (broad SMARTS) is 1. The lowest BCUT2D eigenvalue weighted by atomic mass is 9.72. The van der Waals surface area contributed by atoms with E-state index in [1.54, 1.807) is 14.0 Å². The summed E-state index contributed by atoms with van der Waals surface area (Å²) >= 11 is 0. The van der Waals surface area contributed by atoms with Crippen molar-refractivity contribution in [2.24, 2.45) is 5.41 Å². The summed E-state index contributed by atoms with van der Waals surface area (Å²) in [5.74, 6) is -1.07. The van der Waals surface area contributed by atoms with Gasteiger partial charge in [-0.1, -0.05) is 12.8 Å². The van der Waals surface area contributed by atoms with E-state index in [1.807, 2.05) is 6.92 Å². The minimum absolute atomic E-state index is 0.0430. The third-order valence-electron chi connectivity index (χ3n) is 4.98. The molecule has 0 radical (unpaired) electrons. The first-order valence-corrected chi connectivity index (χ1v) is 8.77. The molecule has 3 unspecified atom stereocenters. The molecule has 6 nitrogen and oxygen atoms in total. The van der Waals surface area contributed by atoms with Gasteiger partial charge in [-0.2, -0.15) is 0 Å². The molecule has 0 bridgehead atoms. The highest BCUT2D eigenvalue weighted by Gasteiger charge is 2.49. The number of carboxylic acids is 1. The number of carbonyl (C=O) groups excluding carboxylic acids is 2. The summed E-state index contributed by atoms with van der Waals surface area (Å²) in [6.07, 6.45) is 4.40. The van der Waals surface area contributed by atoms with E-state index < -0.39 is 17.5 Å². The van der Waals surface area contributed by atoms with Gasteiger partial charge < -0.3 is 19.4 Å². The number of unbranched alkanes of at least 4 members (excludes halogenated alkanes) is 2. The van der Waals surface area contributed by atoms with E-state index in [-0.39, 0.29) is 24.3 Å². The van der Waals surface area contributed by atoms with Crippen LogP contribution in [-0.4, -0.2) is 42.1 Å². The van der Waals surface area contributed by atoms with Gasteiger partial charge in [0, 0.05) is 20.0 Å². The maximum atomic E-state index is 12.1. The van der Waals surface area contributed by atoms with E-state index in [2.05, 4.69) is 0 Å². The molecule has 3 atom stereocenters. The molecule has 0 aromatic heterocycles. The molecule has 138 valence electrons. The Hall–Kier alpha value is -1.43. The molecule has 6 heteroatoms. The van der Waals surface area contributed by atoms with Crippen LogP contribution in [0.3, 0.4) is 0 Å². The molecule has 0 aromatic rings. The largest absolute Gasteiger partial charge is 0.481 e. The van der Waals surface area contributed by atoms with Crippen LogP contribution in [0.4, 0.5) is 0 Å². The monoisotopic (exact) mass is 342 g/mol. The highest BCUT2D eigenvalue weighted by atomic mass is 16.6. The summed E-state index contributed by atoms with van der Waals surface area (Å²) in [5, 5.41) is 9.91. The highest BCUT2D eigenvalue weighted by molar-refractivity contribution is 5.78. The molecular formula is C18H30O6. The molecule has 1 aliphatic heterocycles. The number of aliphatic carboxylic acids is 1. The summed E-state index contributed by atoms with van der Waals surface area (Å²) in [6.45, 7) is 3.46. The number of hydrogen-bond acceptors (Lipinski definition) is 5. The Morgan fingerprint density at radius 1 is 1.33 bits per heavy atom. The zero-order chi connectivity index (χ0) is 18.2. The molecule has 1 heterocycles. The van der Waals surface area contributed by atoms with Crippen LogP contribution >= 0.6 is 0 Å². The fourth-order valence-corrected chi connectivity index (χ4v) is 3.28. The van der Waals surface area contributed by atoms with E-state index in [9.17, 15) is 19.5 Å². The van der Waals surface area contributed by atoms with Gasteiger partial charge in [-0.05, 0) is 46.0 Å². The summed E-state index contributed by atoms with van der Waals surface area (Å²) in [6, 6.07) is 0. The van der Waals surface area contributed by atoms with Crippen LogP contribution in [0.5, 0.6) is 0 Å². The van der Waals surface area contributed by atoms with Gasteiger partial charge >= 0.3 is 11.9 Å². The normalized spacial score (nSPS) is 21.1. The predicted octanol–water partition coefficient (Wildman–Crippen LogP) is 3.12. The minimum atomic E-state index is -1.06. The van der Waals surface area contributed by atoms with Crippen LogP contribution in [0, 0.1) is 5.41 Å². The van der Waals surface area contributed by atoms with Crippen molar-refractivity contribution in [2.45, 2.75) is 83.8 Å². The first kappa shape index (κ1) is 20.6. The van der Waals surface area contributed by atoms with E-state index in [0.29, 0.717) is 38.5 Å². The number of rotatable bonds is 12. The van der Waals surface area contributed by atoms with Gasteiger partial charge in [0.2, 0.25) is 0 Å². The Labute approximate surface area is 143 Å². The van der Waals surface area contributed by atoms with Crippen molar-refractivity contribution >= 4 is 17.7 Å². The van der Waals surface area contributed by atoms with Gasteiger partial charge in [-0.15, -0.1) is 0 Å². The zero-order valence-electron chi connectivity index (χ0n) is 15.0. The molecule has 0 amide bonds. The fourth-order valence-electron chi connectivity index (χ4n) is 3.28. The van der Waals surface area contributed by atoms with Crippen molar-refractivity contribution in [3.05, 3.63) is 0 Å². The van der Waals surface area contributed by atoms with Crippen molar-refractivity contribution in [1.82, 2.24) is 0 Å². The van der Waals surface area contributed by atoms with Crippen LogP contribution < -0.4 is 0 Å². The Kier molecular flexibility index (Phi) is 8.39. The van der Waals surface area contributed by atoms with E-state index in [0.717, 1.165) is 12.8 Å². The lowest BCUT2D eigenvalue weighted by Crippen LogP contribution is -2.43. The second-order valence-electron chi connectivity index (χ2n) is 6.83. The number of ether oxygens (including phenoxy) is 2. The van der Waals surface area contributed by atoms with Crippen LogP contribution in [0.1, 0.15) is 71.6 Å². The third kappa shape index (κ3) is 5.89.